The Kier molecular flexibility index (Phi) is 2.93. The number of nitrogen functional groups attached to an aromatic ring is 1. The summed E-state index contributed by atoms with van der Waals surface area (Å²) in [5.41, 5.74) is 8.41. The lowest BCUT2D eigenvalue weighted by molar-refractivity contribution is 0.555. The summed E-state index contributed by atoms with van der Waals surface area (Å²) in [6, 6.07) is 1.96. The molecule has 6 heteroatoms. The van der Waals surface area contributed by atoms with Crippen LogP contribution in [0.4, 0.5) is 5.82 Å². The minimum atomic E-state index is 0.0684. The fraction of sp³-hybridized carbons (Fsp3) is 0.357. The number of imidazole rings is 1. The van der Waals surface area contributed by atoms with E-state index in [2.05, 4.69) is 19.4 Å². The molecule has 0 fully saturated rings. The molecule has 0 aromatic carbocycles. The molecule has 1 aliphatic rings. The molecule has 0 amide bonds. The average molecular weight is 270 g/mol. The van der Waals surface area contributed by atoms with Crippen LogP contribution in [0, 0.1) is 19.3 Å². The Bertz CT molecular complexity index is 672. The largest absolute Gasteiger partial charge is 0.384 e. The van der Waals surface area contributed by atoms with Crippen molar-refractivity contribution in [1.82, 2.24) is 14.5 Å². The van der Waals surface area contributed by atoms with Gasteiger partial charge in [-0.1, -0.05) is 0 Å². The average Bonchev–Trinajstić information content (AvgIpc) is 2.84. The van der Waals surface area contributed by atoms with E-state index in [1.54, 1.807) is 0 Å². The zero-order valence-electron chi connectivity index (χ0n) is 11.7. The number of nitrogens with zero attached hydrogens (tertiary/aromatic N) is 4. The number of hydrogen-bond donors (Lipinski definition) is 2. The van der Waals surface area contributed by atoms with Crippen LogP contribution in [0.3, 0.4) is 0 Å². The maximum Gasteiger partial charge on any atom is 0.140 e. The molecule has 1 aliphatic heterocycles. The van der Waals surface area contributed by atoms with Gasteiger partial charge in [-0.25, -0.2) is 9.97 Å². The summed E-state index contributed by atoms with van der Waals surface area (Å²) in [6.07, 6.45) is 3.81. The van der Waals surface area contributed by atoms with Gasteiger partial charge >= 0.3 is 0 Å². The van der Waals surface area contributed by atoms with Gasteiger partial charge in [0.15, 0.2) is 0 Å². The summed E-state index contributed by atoms with van der Waals surface area (Å²) in [7, 11) is 0. The van der Waals surface area contributed by atoms with Crippen LogP contribution in [0.5, 0.6) is 0 Å². The van der Waals surface area contributed by atoms with Gasteiger partial charge in [-0.15, -0.1) is 0 Å². The van der Waals surface area contributed by atoms with Gasteiger partial charge in [0.2, 0.25) is 0 Å². The molecule has 104 valence electrons. The number of aryl methyl sites for hydroxylation is 2. The van der Waals surface area contributed by atoms with Gasteiger partial charge in [0, 0.05) is 31.2 Å². The van der Waals surface area contributed by atoms with Crippen molar-refractivity contribution in [3.05, 3.63) is 41.1 Å². The van der Waals surface area contributed by atoms with E-state index in [1.807, 2.05) is 32.3 Å². The molecule has 0 atom stereocenters. The van der Waals surface area contributed by atoms with E-state index in [-0.39, 0.29) is 5.84 Å². The van der Waals surface area contributed by atoms with Crippen molar-refractivity contribution in [1.29, 1.82) is 5.41 Å². The Morgan fingerprint density at radius 3 is 2.90 bits per heavy atom. The molecule has 0 saturated carbocycles. The molecule has 6 nitrogen and oxygen atoms in total. The van der Waals surface area contributed by atoms with Crippen LogP contribution in [0.2, 0.25) is 0 Å². The predicted molar refractivity (Wildman–Crippen MR) is 78.0 cm³/mol. The van der Waals surface area contributed by atoms with Crippen molar-refractivity contribution >= 4 is 11.7 Å². The van der Waals surface area contributed by atoms with Gasteiger partial charge in [-0.05, 0) is 25.5 Å². The monoisotopic (exact) mass is 270 g/mol. The molecule has 0 radical (unpaired) electrons. The molecule has 0 unspecified atom stereocenters. The normalized spacial score (nSPS) is 14.2. The van der Waals surface area contributed by atoms with E-state index < -0.39 is 0 Å². The van der Waals surface area contributed by atoms with Crippen LogP contribution < -0.4 is 10.6 Å². The highest BCUT2D eigenvalue weighted by Crippen LogP contribution is 2.25. The minimum Gasteiger partial charge on any atom is -0.384 e. The third-order valence-electron chi connectivity index (χ3n) is 3.64. The molecule has 0 spiro atoms. The fourth-order valence-electron chi connectivity index (χ4n) is 2.73. The molecule has 3 N–H and O–H groups in total. The topological polar surface area (TPSA) is 83.8 Å². The van der Waals surface area contributed by atoms with Crippen molar-refractivity contribution < 1.29 is 0 Å². The highest BCUT2D eigenvalue weighted by molar-refractivity contribution is 6.01. The van der Waals surface area contributed by atoms with Crippen molar-refractivity contribution in [2.75, 3.05) is 11.4 Å². The van der Waals surface area contributed by atoms with Gasteiger partial charge in [0.05, 0.1) is 12.1 Å². The molecule has 20 heavy (non-hydrogen) atoms. The maximum absolute atomic E-state index is 7.81. The van der Waals surface area contributed by atoms with Crippen molar-refractivity contribution in [2.45, 2.75) is 26.9 Å². The van der Waals surface area contributed by atoms with E-state index >= 15 is 0 Å². The Morgan fingerprint density at radius 2 is 2.15 bits per heavy atom. The molecule has 2 aromatic rings. The lowest BCUT2D eigenvalue weighted by Gasteiger charge is -2.30. The SMILES string of the molecule is Cc1cc(C)c(C(=N)N)c(N2CCn3ccnc3C2)n1. The summed E-state index contributed by atoms with van der Waals surface area (Å²) in [4.78, 5) is 11.1. The van der Waals surface area contributed by atoms with E-state index in [0.717, 1.165) is 41.6 Å². The minimum absolute atomic E-state index is 0.0684. The first-order chi connectivity index (χ1) is 9.56. The van der Waals surface area contributed by atoms with E-state index in [4.69, 9.17) is 11.1 Å². The van der Waals surface area contributed by atoms with Crippen LogP contribution >= 0.6 is 0 Å². The maximum atomic E-state index is 7.81. The Hall–Kier alpha value is -2.37. The first kappa shape index (κ1) is 12.7. The first-order valence-corrected chi connectivity index (χ1v) is 6.64. The second-order valence-corrected chi connectivity index (χ2v) is 5.15. The van der Waals surface area contributed by atoms with Gasteiger partial charge in [0.1, 0.15) is 17.5 Å². The van der Waals surface area contributed by atoms with Gasteiger partial charge in [-0.3, -0.25) is 5.41 Å². The second kappa shape index (κ2) is 4.63. The first-order valence-electron chi connectivity index (χ1n) is 6.64. The third kappa shape index (κ3) is 2.03. The van der Waals surface area contributed by atoms with Crippen LogP contribution in [-0.4, -0.2) is 26.9 Å². The van der Waals surface area contributed by atoms with Crippen LogP contribution in [0.1, 0.15) is 22.6 Å². The van der Waals surface area contributed by atoms with E-state index in [0.29, 0.717) is 6.54 Å². The smallest absolute Gasteiger partial charge is 0.140 e. The number of hydrogen-bond acceptors (Lipinski definition) is 4. The van der Waals surface area contributed by atoms with E-state index in [1.165, 1.54) is 0 Å². The number of anilines is 1. The Balaban J connectivity index is 2.05. The molecular weight excluding hydrogens is 252 g/mol. The molecule has 0 bridgehead atoms. The number of fused-ring (bicyclic) bond motifs is 1. The quantitative estimate of drug-likeness (QED) is 0.634. The predicted octanol–water partition coefficient (Wildman–Crippen LogP) is 1.20. The van der Waals surface area contributed by atoms with Gasteiger partial charge < -0.3 is 15.2 Å². The standard InChI is InChI=1S/C14H18N6/c1-9-7-10(2)18-14(12(9)13(15)16)20-6-5-19-4-3-17-11(19)8-20/h3-4,7H,5-6,8H2,1-2H3,(H3,15,16). The van der Waals surface area contributed by atoms with Crippen molar-refractivity contribution in [3.63, 3.8) is 0 Å². The summed E-state index contributed by atoms with van der Waals surface area (Å²) >= 11 is 0. The molecule has 0 aliphatic carbocycles. The zero-order valence-corrected chi connectivity index (χ0v) is 11.7. The number of amidine groups is 1. The number of aromatic nitrogens is 3. The third-order valence-corrected chi connectivity index (χ3v) is 3.64. The summed E-state index contributed by atoms with van der Waals surface area (Å²) in [5.74, 6) is 1.88. The van der Waals surface area contributed by atoms with E-state index in [9.17, 15) is 0 Å². The number of pyridine rings is 1. The molecule has 2 aromatic heterocycles. The highest BCUT2D eigenvalue weighted by Gasteiger charge is 2.22. The summed E-state index contributed by atoms with van der Waals surface area (Å²) < 4.78 is 2.15. The van der Waals surface area contributed by atoms with Crippen molar-refractivity contribution in [2.24, 2.45) is 5.73 Å². The van der Waals surface area contributed by atoms with Crippen molar-refractivity contribution in [3.8, 4) is 0 Å². The summed E-state index contributed by atoms with van der Waals surface area (Å²) in [6.45, 7) is 6.36. The lowest BCUT2D eigenvalue weighted by Crippen LogP contribution is -2.36. The molecular formula is C14H18N6. The van der Waals surface area contributed by atoms with Crippen LogP contribution in [-0.2, 0) is 13.1 Å². The van der Waals surface area contributed by atoms with Crippen LogP contribution in [0.15, 0.2) is 18.5 Å². The molecule has 0 saturated heterocycles. The second-order valence-electron chi connectivity index (χ2n) is 5.15. The van der Waals surface area contributed by atoms with Gasteiger partial charge in [0.25, 0.3) is 0 Å². The highest BCUT2D eigenvalue weighted by atomic mass is 15.3. The van der Waals surface area contributed by atoms with Crippen LogP contribution in [0.25, 0.3) is 0 Å². The van der Waals surface area contributed by atoms with Gasteiger partial charge in [-0.2, -0.15) is 0 Å². The number of rotatable bonds is 2. The number of nitrogens with one attached hydrogen (secondary N) is 1. The Morgan fingerprint density at radius 1 is 1.35 bits per heavy atom. The molecule has 3 rings (SSSR count). The Labute approximate surface area is 117 Å². The lowest BCUT2D eigenvalue weighted by atomic mass is 10.1. The molecule has 3 heterocycles. The fourth-order valence-corrected chi connectivity index (χ4v) is 2.73. The zero-order chi connectivity index (χ0) is 14.3. The number of nitrogens with two attached hydrogens (primary N) is 1. The summed E-state index contributed by atoms with van der Waals surface area (Å²) in [5, 5.41) is 7.81.